The minimum absolute atomic E-state index is 0.0800. The normalized spacial score (nSPS) is 14.5. The highest BCUT2D eigenvalue weighted by Gasteiger charge is 2.54. The smallest absolute Gasteiger partial charge is 0.364 e. The largest absolute Gasteiger partial charge is 0.508 e. The van der Waals surface area contributed by atoms with Gasteiger partial charge >= 0.3 is 11.9 Å². The molecule has 4 aromatic rings. The van der Waals surface area contributed by atoms with E-state index in [1.54, 1.807) is 18.2 Å². The molecule has 1 aromatic heterocycles. The third kappa shape index (κ3) is 2.76. The zero-order valence-corrected chi connectivity index (χ0v) is 17.6. The molecule has 6 rings (SSSR count). The zero-order chi connectivity index (χ0) is 24.5. The van der Waals surface area contributed by atoms with Gasteiger partial charge in [-0.1, -0.05) is 12.1 Å². The van der Waals surface area contributed by atoms with Gasteiger partial charge in [-0.25, -0.2) is 9.59 Å². The van der Waals surface area contributed by atoms with Gasteiger partial charge < -0.3 is 34.7 Å². The highest BCUT2D eigenvalue weighted by Crippen LogP contribution is 2.57. The van der Waals surface area contributed by atoms with Crippen LogP contribution in [0.2, 0.25) is 0 Å². The third-order valence-electron chi connectivity index (χ3n) is 5.99. The maximum absolute atomic E-state index is 13.3. The van der Waals surface area contributed by atoms with E-state index in [2.05, 4.69) is 0 Å². The molecule has 0 bridgehead atoms. The van der Waals surface area contributed by atoms with Crippen molar-refractivity contribution in [3.8, 4) is 34.8 Å². The zero-order valence-electron chi connectivity index (χ0n) is 17.6. The van der Waals surface area contributed by atoms with E-state index in [0.29, 0.717) is 21.4 Å². The summed E-state index contributed by atoms with van der Waals surface area (Å²) in [6, 6.07) is 15.4. The Morgan fingerprint density at radius 1 is 0.800 bits per heavy atom. The lowest BCUT2D eigenvalue weighted by Crippen LogP contribution is -2.32. The van der Waals surface area contributed by atoms with Crippen molar-refractivity contribution in [3.05, 3.63) is 94.5 Å². The van der Waals surface area contributed by atoms with Gasteiger partial charge in [-0.2, -0.15) is 0 Å². The summed E-state index contributed by atoms with van der Waals surface area (Å²) in [6.45, 7) is 0. The van der Waals surface area contributed by atoms with Crippen LogP contribution in [0.15, 0.2) is 66.7 Å². The molecule has 0 unspecified atom stereocenters. The van der Waals surface area contributed by atoms with Crippen LogP contribution in [0.3, 0.4) is 0 Å². The van der Waals surface area contributed by atoms with E-state index >= 15 is 0 Å². The maximum atomic E-state index is 13.3. The summed E-state index contributed by atoms with van der Waals surface area (Å²) in [5.41, 5.74) is -0.698. The second-order valence-corrected chi connectivity index (χ2v) is 7.98. The molecule has 2 aliphatic heterocycles. The first-order valence-corrected chi connectivity index (χ1v) is 10.3. The number of phenolic OH excluding ortho intramolecular Hbond substituents is 2. The van der Waals surface area contributed by atoms with Crippen LogP contribution in [-0.4, -0.2) is 37.1 Å². The molecule has 0 saturated carbocycles. The summed E-state index contributed by atoms with van der Waals surface area (Å²) in [5, 5.41) is 39.7. The molecule has 1 spiro atoms. The van der Waals surface area contributed by atoms with Gasteiger partial charge in [0.15, 0.2) is 5.60 Å². The second-order valence-electron chi connectivity index (χ2n) is 7.98. The average Bonchev–Trinajstić information content (AvgIpc) is 3.30. The Morgan fingerprint density at radius 3 is 2.00 bits per heavy atom. The van der Waals surface area contributed by atoms with Crippen LogP contribution >= 0.6 is 0 Å². The van der Waals surface area contributed by atoms with E-state index in [0.717, 1.165) is 12.1 Å². The van der Waals surface area contributed by atoms with Crippen LogP contribution in [0.1, 0.15) is 37.4 Å². The van der Waals surface area contributed by atoms with Gasteiger partial charge in [0.25, 0.3) is 0 Å². The van der Waals surface area contributed by atoms with Gasteiger partial charge in [0.1, 0.15) is 23.0 Å². The van der Waals surface area contributed by atoms with Crippen molar-refractivity contribution in [2.75, 3.05) is 0 Å². The summed E-state index contributed by atoms with van der Waals surface area (Å²) in [7, 11) is 0. The number of aromatic hydroxyl groups is 4. The Balaban J connectivity index is 1.57. The lowest BCUT2D eigenvalue weighted by molar-refractivity contribution is 0.0218. The molecule has 0 fully saturated rings. The molecule has 0 atom stereocenters. The summed E-state index contributed by atoms with van der Waals surface area (Å²) in [4.78, 5) is 31.4. The predicted molar refractivity (Wildman–Crippen MR) is 117 cm³/mol. The third-order valence-corrected chi connectivity index (χ3v) is 5.99. The number of nitrogens with zero attached hydrogens (tertiary/aromatic N) is 1. The number of carbonyl (C=O) groups is 2. The van der Waals surface area contributed by atoms with Crippen LogP contribution in [0.25, 0.3) is 0 Å². The van der Waals surface area contributed by atoms with Crippen molar-refractivity contribution in [1.29, 1.82) is 0 Å². The van der Waals surface area contributed by atoms with E-state index in [4.69, 9.17) is 14.3 Å². The fourth-order valence-corrected chi connectivity index (χ4v) is 4.54. The van der Waals surface area contributed by atoms with Crippen LogP contribution in [0.4, 0.5) is 0 Å². The molecule has 0 saturated heterocycles. The fraction of sp³-hybridized carbons (Fsp3) is 0.0400. The first-order valence-electron chi connectivity index (χ1n) is 10.3. The molecule has 3 aromatic carbocycles. The van der Waals surface area contributed by atoms with E-state index in [-0.39, 0.29) is 34.1 Å². The molecule has 2 aliphatic rings. The summed E-state index contributed by atoms with van der Waals surface area (Å²) < 4.78 is 12.4. The minimum Gasteiger partial charge on any atom is -0.508 e. The Hall–Kier alpha value is -5.12. The number of rotatable bonds is 2. The van der Waals surface area contributed by atoms with Crippen LogP contribution < -0.4 is 9.57 Å². The van der Waals surface area contributed by atoms with Crippen molar-refractivity contribution < 1.29 is 44.3 Å². The fourth-order valence-electron chi connectivity index (χ4n) is 4.54. The van der Waals surface area contributed by atoms with Crippen LogP contribution in [0, 0.1) is 0 Å². The van der Waals surface area contributed by atoms with Crippen molar-refractivity contribution in [2.24, 2.45) is 0 Å². The van der Waals surface area contributed by atoms with Gasteiger partial charge in [0, 0.05) is 41.0 Å². The van der Waals surface area contributed by atoms with Gasteiger partial charge in [0.05, 0.1) is 11.1 Å². The summed E-state index contributed by atoms with van der Waals surface area (Å²) in [6.07, 6.45) is 0. The number of benzene rings is 3. The molecular formula is C25H15NO9. The Kier molecular flexibility index (Phi) is 4.06. The number of aromatic nitrogens is 1. The van der Waals surface area contributed by atoms with Crippen molar-refractivity contribution in [2.45, 2.75) is 5.60 Å². The number of phenols is 2. The molecule has 0 aliphatic carbocycles. The number of carbonyl (C=O) groups excluding carboxylic acids is 2. The molecule has 4 N–H and O–H groups in total. The number of ether oxygens (including phenoxy) is 2. The van der Waals surface area contributed by atoms with E-state index in [1.165, 1.54) is 36.4 Å². The minimum atomic E-state index is -1.55. The number of hydrogen-bond donors (Lipinski definition) is 4. The van der Waals surface area contributed by atoms with Crippen molar-refractivity contribution >= 4 is 11.9 Å². The van der Waals surface area contributed by atoms with Crippen molar-refractivity contribution in [1.82, 2.24) is 4.73 Å². The lowest BCUT2D eigenvalue weighted by Gasteiger charge is -2.36. The quantitative estimate of drug-likeness (QED) is 0.322. The monoisotopic (exact) mass is 473 g/mol. The average molecular weight is 473 g/mol. The molecule has 174 valence electrons. The van der Waals surface area contributed by atoms with Crippen molar-refractivity contribution in [3.63, 3.8) is 0 Å². The lowest BCUT2D eigenvalue weighted by atomic mass is 9.77. The highest BCUT2D eigenvalue weighted by atomic mass is 16.7. The van der Waals surface area contributed by atoms with Gasteiger partial charge in [0.2, 0.25) is 11.8 Å². The standard InChI is InChI=1S/C25H15NO9/c27-12-4-6-15-18(10-12)33-19-11-13(28)5-7-16(19)25(15)17-3-1-2-14(22(17)24(32)34-25)23(31)35-26-20(29)8-9-21(26)30/h1-11,27-30H. The first kappa shape index (κ1) is 20.5. The molecule has 10 nitrogen and oxygen atoms in total. The molecule has 35 heavy (non-hydrogen) atoms. The molecular weight excluding hydrogens is 458 g/mol. The van der Waals surface area contributed by atoms with E-state index < -0.39 is 29.3 Å². The van der Waals surface area contributed by atoms with Gasteiger partial charge in [-0.15, -0.1) is 4.73 Å². The molecule has 3 heterocycles. The highest BCUT2D eigenvalue weighted by molar-refractivity contribution is 6.07. The number of esters is 1. The molecule has 0 amide bonds. The Bertz CT molecular complexity index is 1500. The van der Waals surface area contributed by atoms with Gasteiger partial charge in [-0.3, -0.25) is 0 Å². The molecule has 0 radical (unpaired) electrons. The Labute approximate surface area is 196 Å². The van der Waals surface area contributed by atoms with Gasteiger partial charge in [-0.05, 0) is 30.3 Å². The summed E-state index contributed by atoms with van der Waals surface area (Å²) >= 11 is 0. The maximum Gasteiger partial charge on any atom is 0.364 e. The van der Waals surface area contributed by atoms with E-state index in [1.807, 2.05) is 0 Å². The number of hydrogen-bond acceptors (Lipinski definition) is 9. The van der Waals surface area contributed by atoms with Crippen LogP contribution in [-0.2, 0) is 10.3 Å². The topological polar surface area (TPSA) is 148 Å². The SMILES string of the molecule is O=C(On1c(O)ccc1O)c1cccc2c1C(=O)OC21c2ccc(O)cc2Oc2cc(O)ccc21. The predicted octanol–water partition coefficient (Wildman–Crippen LogP) is 3.15. The first-order chi connectivity index (χ1) is 16.8. The number of fused-ring (bicyclic) bond motifs is 6. The van der Waals surface area contributed by atoms with E-state index in [9.17, 15) is 30.0 Å². The summed E-state index contributed by atoms with van der Waals surface area (Å²) in [5.74, 6) is -2.68. The Morgan fingerprint density at radius 2 is 1.40 bits per heavy atom. The second kappa shape index (κ2) is 6.94. The molecule has 10 heteroatoms. The van der Waals surface area contributed by atoms with Crippen LogP contribution in [0.5, 0.6) is 34.8 Å².